The lowest BCUT2D eigenvalue weighted by Gasteiger charge is -2.28. The second-order valence-electron chi connectivity index (χ2n) is 5.46. The maximum atomic E-state index is 12.6. The molecular formula is C15H22N2O3S. The molecule has 0 radical (unpaired) electrons. The van der Waals surface area contributed by atoms with Crippen LogP contribution in [-0.2, 0) is 16.4 Å². The van der Waals surface area contributed by atoms with Gasteiger partial charge in [0.25, 0.3) is 5.91 Å². The molecule has 1 aromatic rings. The molecule has 1 unspecified atom stereocenters. The third kappa shape index (κ3) is 3.83. The van der Waals surface area contributed by atoms with Gasteiger partial charge in [-0.25, -0.2) is 8.42 Å². The average Bonchev–Trinajstić information content (AvgIpc) is 2.84. The first-order chi connectivity index (χ1) is 9.96. The van der Waals surface area contributed by atoms with Crippen LogP contribution in [0.2, 0.25) is 0 Å². The lowest BCUT2D eigenvalue weighted by Crippen LogP contribution is -2.41. The number of benzene rings is 1. The molecule has 1 saturated heterocycles. The fourth-order valence-corrected chi connectivity index (χ4v) is 4.39. The van der Waals surface area contributed by atoms with Crippen molar-refractivity contribution < 1.29 is 13.2 Å². The molecule has 1 aliphatic heterocycles. The van der Waals surface area contributed by atoms with Gasteiger partial charge >= 0.3 is 0 Å². The molecule has 6 heteroatoms. The summed E-state index contributed by atoms with van der Waals surface area (Å²) < 4.78 is 23.3. The Labute approximate surface area is 126 Å². The third-order valence-corrected chi connectivity index (χ3v) is 5.56. The van der Waals surface area contributed by atoms with E-state index in [9.17, 15) is 13.2 Å². The Balaban J connectivity index is 2.18. The summed E-state index contributed by atoms with van der Waals surface area (Å²) in [6.07, 6.45) is 1.35. The number of rotatable bonds is 5. The molecule has 1 atom stereocenters. The summed E-state index contributed by atoms with van der Waals surface area (Å²) in [7, 11) is -3.00. The van der Waals surface area contributed by atoms with Crippen molar-refractivity contribution in [3.63, 3.8) is 0 Å². The Hall–Kier alpha value is -1.40. The fourth-order valence-electron chi connectivity index (χ4n) is 2.66. The largest absolute Gasteiger partial charge is 0.335 e. The first-order valence-electron chi connectivity index (χ1n) is 7.27. The lowest BCUT2D eigenvalue weighted by molar-refractivity contribution is 0.0697. The van der Waals surface area contributed by atoms with E-state index in [4.69, 9.17) is 5.73 Å². The monoisotopic (exact) mass is 310 g/mol. The second kappa shape index (κ2) is 6.58. The summed E-state index contributed by atoms with van der Waals surface area (Å²) in [6, 6.07) is 7.00. The third-order valence-electron chi connectivity index (χ3n) is 3.81. The van der Waals surface area contributed by atoms with Crippen LogP contribution in [0.4, 0.5) is 0 Å². The summed E-state index contributed by atoms with van der Waals surface area (Å²) in [4.78, 5) is 14.3. The van der Waals surface area contributed by atoms with Crippen LogP contribution >= 0.6 is 0 Å². The van der Waals surface area contributed by atoms with Gasteiger partial charge in [-0.3, -0.25) is 4.79 Å². The first kappa shape index (κ1) is 16.0. The quantitative estimate of drug-likeness (QED) is 0.885. The number of nitrogens with zero attached hydrogens (tertiary/aromatic N) is 1. The molecule has 21 heavy (non-hydrogen) atoms. The van der Waals surface area contributed by atoms with Crippen LogP contribution in [0.15, 0.2) is 24.3 Å². The summed E-state index contributed by atoms with van der Waals surface area (Å²) in [5.41, 5.74) is 7.11. The minimum absolute atomic E-state index is 0.0830. The van der Waals surface area contributed by atoms with E-state index in [2.05, 4.69) is 0 Å². The molecule has 1 aliphatic rings. The highest BCUT2D eigenvalue weighted by Crippen LogP contribution is 2.20. The maximum Gasteiger partial charge on any atom is 0.254 e. The summed E-state index contributed by atoms with van der Waals surface area (Å²) in [6.45, 7) is 3.01. The second-order valence-corrected chi connectivity index (χ2v) is 7.69. The van der Waals surface area contributed by atoms with Crippen LogP contribution in [0.5, 0.6) is 0 Å². The van der Waals surface area contributed by atoms with Gasteiger partial charge in [0.15, 0.2) is 9.84 Å². The highest BCUT2D eigenvalue weighted by atomic mass is 32.2. The zero-order valence-corrected chi connectivity index (χ0v) is 13.1. The molecule has 2 N–H and O–H groups in total. The van der Waals surface area contributed by atoms with E-state index in [-0.39, 0.29) is 23.5 Å². The minimum Gasteiger partial charge on any atom is -0.335 e. The Kier molecular flexibility index (Phi) is 5.00. The van der Waals surface area contributed by atoms with Gasteiger partial charge in [0, 0.05) is 24.7 Å². The normalized spacial score (nSPS) is 20.4. The van der Waals surface area contributed by atoms with Crippen molar-refractivity contribution in [1.82, 2.24) is 4.90 Å². The van der Waals surface area contributed by atoms with Gasteiger partial charge in [-0.2, -0.15) is 0 Å². The number of amides is 1. The highest BCUT2D eigenvalue weighted by Gasteiger charge is 2.34. The number of hydrogen-bond acceptors (Lipinski definition) is 4. The van der Waals surface area contributed by atoms with Gasteiger partial charge < -0.3 is 10.6 Å². The van der Waals surface area contributed by atoms with Crippen LogP contribution in [0.3, 0.4) is 0 Å². The van der Waals surface area contributed by atoms with E-state index in [1.165, 1.54) is 0 Å². The van der Waals surface area contributed by atoms with Gasteiger partial charge in [0.1, 0.15) is 0 Å². The lowest BCUT2D eigenvalue weighted by atomic mass is 10.1. The van der Waals surface area contributed by atoms with Crippen molar-refractivity contribution in [1.29, 1.82) is 0 Å². The van der Waals surface area contributed by atoms with Crippen molar-refractivity contribution in [3.05, 3.63) is 35.4 Å². The van der Waals surface area contributed by atoms with E-state index in [1.807, 2.05) is 19.1 Å². The molecule has 5 nitrogen and oxygen atoms in total. The molecule has 0 spiro atoms. The van der Waals surface area contributed by atoms with E-state index < -0.39 is 9.84 Å². The number of carbonyl (C=O) groups excluding carboxylic acids is 1. The molecule has 0 bridgehead atoms. The van der Waals surface area contributed by atoms with Gasteiger partial charge in [-0.1, -0.05) is 19.1 Å². The molecule has 116 valence electrons. The number of nitrogens with two attached hydrogens (primary N) is 1. The van der Waals surface area contributed by atoms with Crippen molar-refractivity contribution in [3.8, 4) is 0 Å². The van der Waals surface area contributed by atoms with E-state index in [1.54, 1.807) is 17.0 Å². The van der Waals surface area contributed by atoms with Crippen LogP contribution in [0.25, 0.3) is 0 Å². The van der Waals surface area contributed by atoms with E-state index in [0.717, 1.165) is 12.0 Å². The SMILES string of the molecule is CCCN(C(=O)c1ccc(CN)cc1)C1CCS(=O)(=O)C1. The molecule has 0 saturated carbocycles. The Morgan fingerprint density at radius 1 is 1.33 bits per heavy atom. The molecular weight excluding hydrogens is 288 g/mol. The molecule has 1 fully saturated rings. The molecule has 0 aliphatic carbocycles. The minimum atomic E-state index is -3.00. The van der Waals surface area contributed by atoms with Crippen molar-refractivity contribution in [2.75, 3.05) is 18.1 Å². The number of hydrogen-bond donors (Lipinski definition) is 1. The predicted molar refractivity (Wildman–Crippen MR) is 82.7 cm³/mol. The molecule has 1 heterocycles. The molecule has 1 amide bonds. The molecule has 1 aromatic carbocycles. The van der Waals surface area contributed by atoms with Crippen molar-refractivity contribution in [2.24, 2.45) is 5.73 Å². The first-order valence-corrected chi connectivity index (χ1v) is 9.09. The average molecular weight is 310 g/mol. The van der Waals surface area contributed by atoms with Crippen molar-refractivity contribution >= 4 is 15.7 Å². The smallest absolute Gasteiger partial charge is 0.254 e. The van der Waals surface area contributed by atoms with E-state index in [0.29, 0.717) is 25.1 Å². The number of carbonyl (C=O) groups is 1. The molecule has 2 rings (SSSR count). The topological polar surface area (TPSA) is 80.5 Å². The Morgan fingerprint density at radius 3 is 2.48 bits per heavy atom. The van der Waals surface area contributed by atoms with Gasteiger partial charge in [-0.15, -0.1) is 0 Å². The summed E-state index contributed by atoms with van der Waals surface area (Å²) in [5.74, 6) is 0.166. The van der Waals surface area contributed by atoms with Gasteiger partial charge in [0.05, 0.1) is 11.5 Å². The summed E-state index contributed by atoms with van der Waals surface area (Å²) >= 11 is 0. The standard InChI is InChI=1S/C15H22N2O3S/c1-2-8-17(14-7-9-21(19,20)11-14)15(18)13-5-3-12(10-16)4-6-13/h3-6,14H,2,7-11,16H2,1H3. The van der Waals surface area contributed by atoms with Gasteiger partial charge in [0.2, 0.25) is 0 Å². The predicted octanol–water partition coefficient (Wildman–Crippen LogP) is 1.18. The Morgan fingerprint density at radius 2 is 2.00 bits per heavy atom. The zero-order chi connectivity index (χ0) is 15.5. The zero-order valence-electron chi connectivity index (χ0n) is 12.3. The fraction of sp³-hybridized carbons (Fsp3) is 0.533. The van der Waals surface area contributed by atoms with Crippen LogP contribution in [0.1, 0.15) is 35.7 Å². The van der Waals surface area contributed by atoms with Crippen LogP contribution in [0, 0.1) is 0 Å². The molecule has 0 aromatic heterocycles. The highest BCUT2D eigenvalue weighted by molar-refractivity contribution is 7.91. The number of sulfone groups is 1. The van der Waals surface area contributed by atoms with E-state index >= 15 is 0 Å². The maximum absolute atomic E-state index is 12.6. The van der Waals surface area contributed by atoms with Gasteiger partial charge in [-0.05, 0) is 30.5 Å². The summed E-state index contributed by atoms with van der Waals surface area (Å²) in [5, 5.41) is 0. The van der Waals surface area contributed by atoms with Crippen molar-refractivity contribution in [2.45, 2.75) is 32.4 Å². The Bertz CT molecular complexity index is 596. The van der Waals surface area contributed by atoms with Crippen LogP contribution < -0.4 is 5.73 Å². The van der Waals surface area contributed by atoms with Crippen LogP contribution in [-0.4, -0.2) is 43.3 Å².